The number of nitrogens with one attached hydrogen (secondary N) is 1. The molecule has 1 aliphatic heterocycles. The Kier molecular flexibility index (Phi) is 8.09. The molecule has 2 atom stereocenters. The zero-order chi connectivity index (χ0) is 25.7. The van der Waals surface area contributed by atoms with Gasteiger partial charge in [0.05, 0.1) is 18.5 Å². The summed E-state index contributed by atoms with van der Waals surface area (Å²) in [6.07, 6.45) is 1.84. The van der Waals surface area contributed by atoms with Crippen molar-refractivity contribution in [3.63, 3.8) is 0 Å². The van der Waals surface area contributed by atoms with Gasteiger partial charge in [-0.25, -0.2) is 0 Å². The lowest BCUT2D eigenvalue weighted by Crippen LogP contribution is -2.46. The van der Waals surface area contributed by atoms with E-state index < -0.39 is 0 Å². The van der Waals surface area contributed by atoms with Gasteiger partial charge in [-0.2, -0.15) is 4.98 Å². The van der Waals surface area contributed by atoms with Gasteiger partial charge < -0.3 is 14.6 Å². The molecule has 4 rings (SSSR count). The Morgan fingerprint density at radius 1 is 1.17 bits per heavy atom. The summed E-state index contributed by atoms with van der Waals surface area (Å²) in [5.74, 6) is 2.00. The number of piperidine rings is 1. The fourth-order valence-electron chi connectivity index (χ4n) is 4.42. The minimum atomic E-state index is -0.0719. The van der Waals surface area contributed by atoms with Gasteiger partial charge in [0, 0.05) is 12.1 Å². The van der Waals surface area contributed by atoms with Crippen LogP contribution in [0.4, 0.5) is 0 Å². The predicted octanol–water partition coefficient (Wildman–Crippen LogP) is 5.14. The average Bonchev–Trinajstić information content (AvgIpc) is 3.32. The van der Waals surface area contributed by atoms with Gasteiger partial charge in [0.15, 0.2) is 0 Å². The van der Waals surface area contributed by atoms with E-state index >= 15 is 0 Å². The fraction of sp³-hybridized carbons (Fsp3) is 0.483. The molecule has 0 radical (unpaired) electrons. The summed E-state index contributed by atoms with van der Waals surface area (Å²) in [6, 6.07) is 16.2. The molecule has 2 aromatic carbocycles. The summed E-state index contributed by atoms with van der Waals surface area (Å²) < 4.78 is 11.4. The van der Waals surface area contributed by atoms with Crippen molar-refractivity contribution in [3.8, 4) is 17.1 Å². The Bertz CT molecular complexity index is 1130. The maximum Gasteiger partial charge on any atom is 0.241 e. The second-order valence-electron chi connectivity index (χ2n) is 10.9. The van der Waals surface area contributed by atoms with Crippen molar-refractivity contribution < 1.29 is 14.1 Å². The largest absolute Gasteiger partial charge is 0.491 e. The van der Waals surface area contributed by atoms with E-state index in [0.717, 1.165) is 30.7 Å². The van der Waals surface area contributed by atoms with Gasteiger partial charge in [0.25, 0.3) is 0 Å². The Morgan fingerprint density at radius 2 is 1.89 bits per heavy atom. The third-order valence-corrected chi connectivity index (χ3v) is 6.62. The maximum absolute atomic E-state index is 12.9. The fourth-order valence-corrected chi connectivity index (χ4v) is 4.42. The number of ether oxygens (including phenoxy) is 1. The van der Waals surface area contributed by atoms with E-state index in [9.17, 15) is 4.79 Å². The summed E-state index contributed by atoms with van der Waals surface area (Å²) in [5.41, 5.74) is 3.50. The Balaban J connectivity index is 1.27. The number of carbonyl (C=O) groups excluding carboxylic acids is 1. The molecule has 7 nitrogen and oxygen atoms in total. The second kappa shape index (κ2) is 11.2. The number of hydrogen-bond donors (Lipinski definition) is 1. The molecule has 1 N–H and O–H groups in total. The van der Waals surface area contributed by atoms with Crippen LogP contribution in [0.25, 0.3) is 11.4 Å². The van der Waals surface area contributed by atoms with E-state index in [0.29, 0.717) is 31.4 Å². The highest BCUT2D eigenvalue weighted by atomic mass is 16.5. The monoisotopic (exact) mass is 490 g/mol. The smallest absolute Gasteiger partial charge is 0.241 e. The summed E-state index contributed by atoms with van der Waals surface area (Å²) in [5, 5.41) is 7.30. The minimum Gasteiger partial charge on any atom is -0.491 e. The van der Waals surface area contributed by atoms with E-state index in [1.54, 1.807) is 0 Å². The number of benzene rings is 2. The topological polar surface area (TPSA) is 80.5 Å². The number of hydrogen-bond acceptors (Lipinski definition) is 6. The highest BCUT2D eigenvalue weighted by Gasteiger charge is 2.28. The van der Waals surface area contributed by atoms with Crippen molar-refractivity contribution in [3.05, 3.63) is 65.5 Å². The van der Waals surface area contributed by atoms with E-state index in [4.69, 9.17) is 9.26 Å². The zero-order valence-corrected chi connectivity index (χ0v) is 22.1. The van der Waals surface area contributed by atoms with Crippen LogP contribution < -0.4 is 10.1 Å². The summed E-state index contributed by atoms with van der Waals surface area (Å²) in [4.78, 5) is 19.7. The van der Waals surface area contributed by atoms with Crippen LogP contribution in [0.3, 0.4) is 0 Å². The molecule has 0 bridgehead atoms. The molecule has 0 aliphatic carbocycles. The standard InChI is InChI=1S/C29H38N4O3/c1-20-8-14-25(15-9-20)35-19-21(2)30-28(34)23-7-6-16-33(17-23)18-26-31-27(32-36-26)22-10-12-24(13-11-22)29(3,4)5/h8-15,21,23H,6-7,16-19H2,1-5H3,(H,30,34). The number of carbonyl (C=O) groups is 1. The molecule has 3 aromatic rings. The molecule has 1 saturated heterocycles. The Hall–Kier alpha value is -3.19. The molecular weight excluding hydrogens is 452 g/mol. The van der Waals surface area contributed by atoms with Gasteiger partial charge in [-0.3, -0.25) is 9.69 Å². The first-order valence-electron chi connectivity index (χ1n) is 12.8. The molecule has 36 heavy (non-hydrogen) atoms. The summed E-state index contributed by atoms with van der Waals surface area (Å²) in [7, 11) is 0. The van der Waals surface area contributed by atoms with E-state index in [2.05, 4.69) is 53.3 Å². The van der Waals surface area contributed by atoms with Crippen LogP contribution in [-0.2, 0) is 16.8 Å². The molecule has 0 spiro atoms. The summed E-state index contributed by atoms with van der Waals surface area (Å²) >= 11 is 0. The normalized spacial score (nSPS) is 17.5. The number of rotatable bonds is 8. The zero-order valence-electron chi connectivity index (χ0n) is 22.1. The molecule has 192 valence electrons. The SMILES string of the molecule is Cc1ccc(OCC(C)NC(=O)C2CCCN(Cc3nc(-c4ccc(C(C)(C)C)cc4)no3)C2)cc1. The van der Waals surface area contributed by atoms with Gasteiger partial charge in [0.2, 0.25) is 17.6 Å². The average molecular weight is 491 g/mol. The molecule has 1 aliphatic rings. The molecular formula is C29H38N4O3. The molecule has 2 unspecified atom stereocenters. The second-order valence-corrected chi connectivity index (χ2v) is 10.9. The number of amides is 1. The summed E-state index contributed by atoms with van der Waals surface area (Å²) in [6.45, 7) is 13.2. The van der Waals surface area contributed by atoms with Crippen LogP contribution >= 0.6 is 0 Å². The number of nitrogens with zero attached hydrogens (tertiary/aromatic N) is 3. The third-order valence-electron chi connectivity index (χ3n) is 6.62. The highest BCUT2D eigenvalue weighted by molar-refractivity contribution is 5.79. The van der Waals surface area contributed by atoms with Crippen molar-refractivity contribution >= 4 is 5.91 Å². The molecule has 0 saturated carbocycles. The van der Waals surface area contributed by atoms with Crippen molar-refractivity contribution in [1.29, 1.82) is 0 Å². The quantitative estimate of drug-likeness (QED) is 0.471. The Labute approximate surface area is 214 Å². The van der Waals surface area contributed by atoms with E-state index in [1.165, 1.54) is 11.1 Å². The van der Waals surface area contributed by atoms with Crippen LogP contribution in [0.15, 0.2) is 53.1 Å². The maximum atomic E-state index is 12.9. The lowest BCUT2D eigenvalue weighted by atomic mass is 9.87. The first kappa shape index (κ1) is 25.9. The van der Waals surface area contributed by atoms with Crippen molar-refractivity contribution in [2.75, 3.05) is 19.7 Å². The van der Waals surface area contributed by atoms with Crippen molar-refractivity contribution in [1.82, 2.24) is 20.4 Å². The van der Waals surface area contributed by atoms with Crippen LogP contribution in [0.2, 0.25) is 0 Å². The minimum absolute atomic E-state index is 0.0621. The van der Waals surface area contributed by atoms with Gasteiger partial charge >= 0.3 is 0 Å². The van der Waals surface area contributed by atoms with Crippen LogP contribution in [0, 0.1) is 12.8 Å². The van der Waals surface area contributed by atoms with E-state index in [-0.39, 0.29) is 23.3 Å². The van der Waals surface area contributed by atoms with Crippen LogP contribution in [-0.4, -0.2) is 46.7 Å². The highest BCUT2D eigenvalue weighted by Crippen LogP contribution is 2.25. The van der Waals surface area contributed by atoms with Crippen molar-refractivity contribution in [2.24, 2.45) is 5.92 Å². The molecule has 2 heterocycles. The number of likely N-dealkylation sites (tertiary alicyclic amines) is 1. The van der Waals surface area contributed by atoms with Gasteiger partial charge in [-0.1, -0.05) is 67.9 Å². The Morgan fingerprint density at radius 3 is 2.58 bits per heavy atom. The van der Waals surface area contributed by atoms with Crippen molar-refractivity contribution in [2.45, 2.75) is 65.5 Å². The predicted molar refractivity (Wildman–Crippen MR) is 141 cm³/mol. The lowest BCUT2D eigenvalue weighted by molar-refractivity contribution is -0.127. The molecule has 1 fully saturated rings. The van der Waals surface area contributed by atoms with Crippen LogP contribution in [0.1, 0.15) is 57.6 Å². The number of aromatic nitrogens is 2. The van der Waals surface area contributed by atoms with Gasteiger partial charge in [-0.05, 0) is 56.3 Å². The van der Waals surface area contributed by atoms with Crippen LogP contribution in [0.5, 0.6) is 5.75 Å². The van der Waals surface area contributed by atoms with E-state index in [1.807, 2.05) is 50.2 Å². The first-order valence-corrected chi connectivity index (χ1v) is 12.8. The molecule has 1 amide bonds. The molecule has 7 heteroatoms. The molecule has 1 aromatic heterocycles. The number of aryl methyl sites for hydroxylation is 1. The lowest BCUT2D eigenvalue weighted by Gasteiger charge is -2.31. The van der Waals surface area contributed by atoms with Gasteiger partial charge in [-0.15, -0.1) is 0 Å². The third kappa shape index (κ3) is 6.94. The first-order chi connectivity index (χ1) is 17.2. The van der Waals surface area contributed by atoms with Gasteiger partial charge in [0.1, 0.15) is 12.4 Å².